The maximum absolute atomic E-state index is 10.9. The molecule has 0 aliphatic carbocycles. The van der Waals surface area contributed by atoms with Crippen LogP contribution in [0.15, 0.2) is 30.3 Å². The number of carbonyl (C=O) groups is 1. The zero-order chi connectivity index (χ0) is 15.4. The molecule has 5 nitrogen and oxygen atoms in total. The van der Waals surface area contributed by atoms with E-state index in [1.165, 1.54) is 25.9 Å². The van der Waals surface area contributed by atoms with Crippen molar-refractivity contribution in [2.24, 2.45) is 0 Å². The summed E-state index contributed by atoms with van der Waals surface area (Å²) in [5.74, 6) is -0.332. The van der Waals surface area contributed by atoms with E-state index in [1.54, 1.807) is 24.3 Å². The zero-order valence-corrected chi connectivity index (χ0v) is 12.5. The standard InChI is InChI=1S/C17H20N2O3/c20-17(21)14-4-6-15-13(12-14)5-7-16(18-15)22-11-3-10-19-8-1-2-9-19/h4-7,12H,1-3,8-11H2,(H,20,21). The topological polar surface area (TPSA) is 62.7 Å². The van der Waals surface area contributed by atoms with Gasteiger partial charge in [-0.25, -0.2) is 9.78 Å². The van der Waals surface area contributed by atoms with Crippen LogP contribution in [0.4, 0.5) is 0 Å². The van der Waals surface area contributed by atoms with Crippen LogP contribution in [0, 0.1) is 0 Å². The molecular formula is C17H20N2O3. The molecule has 1 aromatic carbocycles. The Labute approximate surface area is 129 Å². The van der Waals surface area contributed by atoms with Crippen LogP contribution >= 0.6 is 0 Å². The number of hydrogen-bond acceptors (Lipinski definition) is 4. The summed E-state index contributed by atoms with van der Waals surface area (Å²) >= 11 is 0. The van der Waals surface area contributed by atoms with Crippen LogP contribution in [0.25, 0.3) is 10.9 Å². The molecular weight excluding hydrogens is 280 g/mol. The number of ether oxygens (including phenoxy) is 1. The summed E-state index contributed by atoms with van der Waals surface area (Å²) in [6, 6.07) is 8.56. The van der Waals surface area contributed by atoms with E-state index in [-0.39, 0.29) is 5.56 Å². The number of hydrogen-bond donors (Lipinski definition) is 1. The summed E-state index contributed by atoms with van der Waals surface area (Å²) in [7, 11) is 0. The van der Waals surface area contributed by atoms with E-state index in [4.69, 9.17) is 9.84 Å². The Morgan fingerprint density at radius 1 is 1.23 bits per heavy atom. The molecule has 1 fully saturated rings. The second-order valence-corrected chi connectivity index (χ2v) is 5.61. The molecule has 1 aliphatic heterocycles. The Morgan fingerprint density at radius 3 is 2.82 bits per heavy atom. The largest absolute Gasteiger partial charge is 0.478 e. The number of pyridine rings is 1. The van der Waals surface area contributed by atoms with Crippen LogP contribution in [0.2, 0.25) is 0 Å². The van der Waals surface area contributed by atoms with E-state index in [0.717, 1.165) is 23.9 Å². The Hall–Kier alpha value is -2.14. The molecule has 0 spiro atoms. The maximum Gasteiger partial charge on any atom is 0.335 e. The SMILES string of the molecule is O=C(O)c1ccc2nc(OCCCN3CCCC3)ccc2c1. The highest BCUT2D eigenvalue weighted by Crippen LogP contribution is 2.18. The molecule has 1 aliphatic rings. The van der Waals surface area contributed by atoms with E-state index < -0.39 is 5.97 Å². The van der Waals surface area contributed by atoms with Gasteiger partial charge in [-0.2, -0.15) is 0 Å². The second kappa shape index (κ2) is 6.75. The smallest absolute Gasteiger partial charge is 0.335 e. The number of rotatable bonds is 6. The molecule has 22 heavy (non-hydrogen) atoms. The molecule has 3 rings (SSSR count). The van der Waals surface area contributed by atoms with E-state index in [1.807, 2.05) is 6.07 Å². The number of aromatic nitrogens is 1. The highest BCUT2D eigenvalue weighted by atomic mass is 16.5. The molecule has 0 bridgehead atoms. The molecule has 0 amide bonds. The number of likely N-dealkylation sites (tertiary alicyclic amines) is 1. The molecule has 1 aromatic heterocycles. The lowest BCUT2D eigenvalue weighted by Gasteiger charge is -2.14. The normalized spacial score (nSPS) is 15.3. The van der Waals surface area contributed by atoms with Crippen LogP contribution in [0.3, 0.4) is 0 Å². The number of carboxylic acids is 1. The van der Waals surface area contributed by atoms with Crippen LogP contribution in [-0.4, -0.2) is 47.2 Å². The van der Waals surface area contributed by atoms with Crippen molar-refractivity contribution >= 4 is 16.9 Å². The van der Waals surface area contributed by atoms with Crippen molar-refractivity contribution < 1.29 is 14.6 Å². The second-order valence-electron chi connectivity index (χ2n) is 5.61. The average molecular weight is 300 g/mol. The molecule has 0 atom stereocenters. The van der Waals surface area contributed by atoms with Crippen molar-refractivity contribution in [3.63, 3.8) is 0 Å². The van der Waals surface area contributed by atoms with Crippen LogP contribution in [-0.2, 0) is 0 Å². The average Bonchev–Trinajstić information content (AvgIpc) is 3.04. The van der Waals surface area contributed by atoms with Gasteiger partial charge in [-0.3, -0.25) is 0 Å². The lowest BCUT2D eigenvalue weighted by atomic mass is 10.1. The summed E-state index contributed by atoms with van der Waals surface area (Å²) < 4.78 is 5.70. The lowest BCUT2D eigenvalue weighted by molar-refractivity contribution is 0.0697. The zero-order valence-electron chi connectivity index (χ0n) is 12.5. The van der Waals surface area contributed by atoms with Crippen molar-refractivity contribution in [2.45, 2.75) is 19.3 Å². The Kier molecular flexibility index (Phi) is 4.53. The first-order chi connectivity index (χ1) is 10.7. The van der Waals surface area contributed by atoms with Gasteiger partial charge < -0.3 is 14.7 Å². The summed E-state index contributed by atoms with van der Waals surface area (Å²) in [5.41, 5.74) is 1.02. The lowest BCUT2D eigenvalue weighted by Crippen LogP contribution is -2.21. The number of carboxylic acid groups (broad SMARTS) is 1. The van der Waals surface area contributed by atoms with Gasteiger partial charge in [-0.15, -0.1) is 0 Å². The summed E-state index contributed by atoms with van der Waals surface area (Å²) in [4.78, 5) is 17.8. The first-order valence-electron chi connectivity index (χ1n) is 7.72. The van der Waals surface area contributed by atoms with Gasteiger partial charge in [0.15, 0.2) is 0 Å². The quantitative estimate of drug-likeness (QED) is 0.831. The summed E-state index contributed by atoms with van der Waals surface area (Å²) in [6.45, 7) is 4.15. The van der Waals surface area contributed by atoms with Gasteiger partial charge in [0.05, 0.1) is 17.7 Å². The van der Waals surface area contributed by atoms with Gasteiger partial charge >= 0.3 is 5.97 Å². The first-order valence-corrected chi connectivity index (χ1v) is 7.72. The Balaban J connectivity index is 1.57. The van der Waals surface area contributed by atoms with Gasteiger partial charge in [0.1, 0.15) is 0 Å². The predicted octanol–water partition coefficient (Wildman–Crippen LogP) is 2.80. The molecule has 1 saturated heterocycles. The highest BCUT2D eigenvalue weighted by Gasteiger charge is 2.10. The fourth-order valence-electron chi connectivity index (χ4n) is 2.79. The van der Waals surface area contributed by atoms with Crippen molar-refractivity contribution in [3.05, 3.63) is 35.9 Å². The molecule has 2 heterocycles. The van der Waals surface area contributed by atoms with Crippen LogP contribution in [0.1, 0.15) is 29.6 Å². The minimum atomic E-state index is -0.927. The molecule has 5 heteroatoms. The molecule has 1 N–H and O–H groups in total. The number of nitrogens with zero attached hydrogens (tertiary/aromatic N) is 2. The number of fused-ring (bicyclic) bond motifs is 1. The van der Waals surface area contributed by atoms with Gasteiger partial charge in [-0.05, 0) is 56.6 Å². The van der Waals surface area contributed by atoms with Gasteiger partial charge in [0.2, 0.25) is 5.88 Å². The van der Waals surface area contributed by atoms with Crippen molar-refractivity contribution in [2.75, 3.05) is 26.2 Å². The third kappa shape index (κ3) is 3.54. The highest BCUT2D eigenvalue weighted by molar-refractivity contribution is 5.93. The van der Waals surface area contributed by atoms with Crippen LogP contribution in [0.5, 0.6) is 5.88 Å². The first kappa shape index (κ1) is 14.8. The van der Waals surface area contributed by atoms with Gasteiger partial charge in [-0.1, -0.05) is 0 Å². The maximum atomic E-state index is 10.9. The van der Waals surface area contributed by atoms with Crippen LogP contribution < -0.4 is 4.74 Å². The number of aromatic carboxylic acids is 1. The molecule has 0 unspecified atom stereocenters. The third-order valence-corrected chi connectivity index (χ3v) is 3.98. The van der Waals surface area contributed by atoms with E-state index in [0.29, 0.717) is 12.5 Å². The minimum absolute atomic E-state index is 0.272. The fourth-order valence-corrected chi connectivity index (χ4v) is 2.79. The van der Waals surface area contributed by atoms with Crippen molar-refractivity contribution in [3.8, 4) is 5.88 Å². The predicted molar refractivity (Wildman–Crippen MR) is 84.5 cm³/mol. The van der Waals surface area contributed by atoms with E-state index in [9.17, 15) is 4.79 Å². The van der Waals surface area contributed by atoms with Crippen molar-refractivity contribution in [1.82, 2.24) is 9.88 Å². The molecule has 0 radical (unpaired) electrons. The summed E-state index contributed by atoms with van der Waals surface area (Å²) in [6.07, 6.45) is 3.62. The van der Waals surface area contributed by atoms with Gasteiger partial charge in [0.25, 0.3) is 0 Å². The Morgan fingerprint density at radius 2 is 2.05 bits per heavy atom. The molecule has 2 aromatic rings. The monoisotopic (exact) mass is 300 g/mol. The summed E-state index contributed by atoms with van der Waals surface area (Å²) in [5, 5.41) is 9.79. The fraction of sp³-hybridized carbons (Fsp3) is 0.412. The van der Waals surface area contributed by atoms with Crippen molar-refractivity contribution in [1.29, 1.82) is 0 Å². The van der Waals surface area contributed by atoms with E-state index in [2.05, 4.69) is 9.88 Å². The number of benzene rings is 1. The van der Waals surface area contributed by atoms with E-state index >= 15 is 0 Å². The Bertz CT molecular complexity index is 666. The van der Waals surface area contributed by atoms with Gasteiger partial charge in [0, 0.05) is 18.0 Å². The molecule has 116 valence electrons. The third-order valence-electron chi connectivity index (χ3n) is 3.98. The molecule has 0 saturated carbocycles. The minimum Gasteiger partial charge on any atom is -0.478 e.